The molecular weight excluding hydrogens is 260 g/mol. The van der Waals surface area contributed by atoms with Gasteiger partial charge in [-0.1, -0.05) is 48.5 Å². The maximum absolute atomic E-state index is 9.14. The van der Waals surface area contributed by atoms with Gasteiger partial charge in [0.25, 0.3) is 0 Å². The first-order valence-electron chi connectivity index (χ1n) is 6.38. The largest absolute Gasteiger partial charge is 0.339 e. The molecule has 2 aromatic rings. The number of anilines is 1. The number of aliphatic imine (C=N–C) groups is 1. The van der Waals surface area contributed by atoms with Crippen LogP contribution in [0.25, 0.3) is 5.70 Å². The molecule has 1 aliphatic rings. The molecule has 2 aromatic carbocycles. The van der Waals surface area contributed by atoms with Gasteiger partial charge in [0, 0.05) is 16.8 Å². The lowest BCUT2D eigenvalue weighted by Crippen LogP contribution is -2.18. The molecule has 21 heavy (non-hydrogen) atoms. The van der Waals surface area contributed by atoms with Gasteiger partial charge in [-0.3, -0.25) is 0 Å². The molecule has 0 aromatic heterocycles. The first-order chi connectivity index (χ1) is 10.3. The topological polar surface area (TPSA) is 72.0 Å². The minimum atomic E-state index is 0.0115. The fourth-order valence-corrected chi connectivity index (χ4v) is 2.18. The van der Waals surface area contributed by atoms with Crippen LogP contribution in [0.15, 0.2) is 65.2 Å². The summed E-state index contributed by atoms with van der Waals surface area (Å²) < 4.78 is 0. The van der Waals surface area contributed by atoms with Crippen LogP contribution in [0.4, 0.5) is 5.69 Å². The van der Waals surface area contributed by atoms with E-state index in [0.717, 1.165) is 16.8 Å². The maximum Gasteiger partial charge on any atom is 0.156 e. The molecule has 4 heteroatoms. The van der Waals surface area contributed by atoms with Gasteiger partial charge in [0.15, 0.2) is 5.57 Å². The molecule has 98 valence electrons. The molecular formula is C17H10N4. The Bertz CT molecular complexity index is 817. The monoisotopic (exact) mass is 270 g/mol. The molecule has 0 radical (unpaired) electrons. The van der Waals surface area contributed by atoms with Crippen LogP contribution in [0.5, 0.6) is 0 Å². The van der Waals surface area contributed by atoms with E-state index in [4.69, 9.17) is 10.5 Å². The van der Waals surface area contributed by atoms with E-state index in [9.17, 15) is 0 Å². The first-order valence-corrected chi connectivity index (χ1v) is 6.38. The van der Waals surface area contributed by atoms with Crippen LogP contribution in [0.3, 0.4) is 0 Å². The van der Waals surface area contributed by atoms with Gasteiger partial charge in [0.1, 0.15) is 23.7 Å². The molecule has 1 N–H and O–H groups in total. The summed E-state index contributed by atoms with van der Waals surface area (Å²) in [6.07, 6.45) is 0. The van der Waals surface area contributed by atoms with Crippen LogP contribution < -0.4 is 5.32 Å². The molecule has 0 aliphatic carbocycles. The van der Waals surface area contributed by atoms with Crippen LogP contribution in [-0.2, 0) is 0 Å². The van der Waals surface area contributed by atoms with Gasteiger partial charge in [-0.2, -0.15) is 10.5 Å². The molecule has 4 nitrogen and oxygen atoms in total. The number of amidine groups is 1. The van der Waals surface area contributed by atoms with E-state index in [1.165, 1.54) is 0 Å². The number of nitrogens with one attached hydrogen (secondary N) is 1. The Balaban J connectivity index is 2.23. The van der Waals surface area contributed by atoms with Crippen LogP contribution in [0.2, 0.25) is 0 Å². The van der Waals surface area contributed by atoms with E-state index in [-0.39, 0.29) is 5.57 Å². The standard InChI is InChI=1S/C17H10N4/c18-10-13(11-19)16-14-8-4-5-9-15(14)20-17(21-16)12-6-2-1-3-7-12/h1-9H,(H,20,21). The Morgan fingerprint density at radius 3 is 2.29 bits per heavy atom. The number of nitrogens with zero attached hydrogens (tertiary/aromatic N) is 3. The number of para-hydroxylation sites is 1. The highest BCUT2D eigenvalue weighted by molar-refractivity contribution is 6.14. The number of nitriles is 2. The van der Waals surface area contributed by atoms with Crippen molar-refractivity contribution in [2.75, 3.05) is 5.32 Å². The minimum Gasteiger partial charge on any atom is -0.339 e. The number of fused-ring (bicyclic) bond motifs is 1. The predicted octanol–water partition coefficient (Wildman–Crippen LogP) is 3.32. The van der Waals surface area contributed by atoms with Crippen molar-refractivity contribution in [2.45, 2.75) is 0 Å². The molecule has 0 bridgehead atoms. The molecule has 0 unspecified atom stereocenters. The van der Waals surface area contributed by atoms with Crippen molar-refractivity contribution < 1.29 is 0 Å². The van der Waals surface area contributed by atoms with Crippen LogP contribution >= 0.6 is 0 Å². The molecule has 3 rings (SSSR count). The summed E-state index contributed by atoms with van der Waals surface area (Å²) in [5.41, 5.74) is 2.92. The zero-order chi connectivity index (χ0) is 14.7. The number of hydrogen-bond donors (Lipinski definition) is 1. The van der Waals surface area contributed by atoms with E-state index in [1.807, 2.05) is 66.7 Å². The third-order valence-electron chi connectivity index (χ3n) is 3.17. The van der Waals surface area contributed by atoms with Crippen molar-refractivity contribution in [3.05, 3.63) is 71.3 Å². The van der Waals surface area contributed by atoms with E-state index >= 15 is 0 Å². The highest BCUT2D eigenvalue weighted by Gasteiger charge is 2.20. The van der Waals surface area contributed by atoms with E-state index in [2.05, 4.69) is 10.3 Å². The zero-order valence-corrected chi connectivity index (χ0v) is 11.0. The average molecular weight is 270 g/mol. The van der Waals surface area contributed by atoms with Gasteiger partial charge >= 0.3 is 0 Å². The zero-order valence-electron chi connectivity index (χ0n) is 11.0. The molecule has 0 fully saturated rings. The van der Waals surface area contributed by atoms with Crippen molar-refractivity contribution in [3.8, 4) is 12.1 Å². The van der Waals surface area contributed by atoms with Gasteiger partial charge in [0.2, 0.25) is 0 Å². The second-order valence-corrected chi connectivity index (χ2v) is 4.44. The maximum atomic E-state index is 9.14. The lowest BCUT2D eigenvalue weighted by Gasteiger charge is -2.20. The second kappa shape index (κ2) is 5.32. The van der Waals surface area contributed by atoms with Gasteiger partial charge < -0.3 is 5.32 Å². The summed E-state index contributed by atoms with van der Waals surface area (Å²) in [7, 11) is 0. The lowest BCUT2D eigenvalue weighted by atomic mass is 10.0. The highest BCUT2D eigenvalue weighted by atomic mass is 15.0. The summed E-state index contributed by atoms with van der Waals surface area (Å²) in [6, 6.07) is 20.9. The van der Waals surface area contributed by atoms with Crippen molar-refractivity contribution in [1.29, 1.82) is 10.5 Å². The summed E-state index contributed by atoms with van der Waals surface area (Å²) in [6.45, 7) is 0. The predicted molar refractivity (Wildman–Crippen MR) is 81.2 cm³/mol. The number of allylic oxidation sites excluding steroid dienone is 1. The fraction of sp³-hybridized carbons (Fsp3) is 0. The smallest absolute Gasteiger partial charge is 0.156 e. The van der Waals surface area contributed by atoms with E-state index < -0.39 is 0 Å². The third kappa shape index (κ3) is 2.27. The van der Waals surface area contributed by atoms with Crippen LogP contribution in [-0.4, -0.2) is 5.84 Å². The van der Waals surface area contributed by atoms with Crippen molar-refractivity contribution >= 4 is 17.2 Å². The van der Waals surface area contributed by atoms with Gasteiger partial charge in [-0.05, 0) is 6.07 Å². The summed E-state index contributed by atoms with van der Waals surface area (Å²) in [5.74, 6) is 0.632. The van der Waals surface area contributed by atoms with Crippen molar-refractivity contribution in [3.63, 3.8) is 0 Å². The van der Waals surface area contributed by atoms with Gasteiger partial charge in [-0.15, -0.1) is 0 Å². The van der Waals surface area contributed by atoms with Crippen LogP contribution in [0, 0.1) is 22.7 Å². The number of benzene rings is 2. The minimum absolute atomic E-state index is 0.0115. The lowest BCUT2D eigenvalue weighted by molar-refractivity contribution is 1.38. The Kier molecular flexibility index (Phi) is 3.21. The van der Waals surface area contributed by atoms with Crippen molar-refractivity contribution in [1.82, 2.24) is 0 Å². The van der Waals surface area contributed by atoms with Crippen LogP contribution in [0.1, 0.15) is 11.1 Å². The van der Waals surface area contributed by atoms with E-state index in [0.29, 0.717) is 11.5 Å². The summed E-state index contributed by atoms with van der Waals surface area (Å²) >= 11 is 0. The normalized spacial score (nSPS) is 12.3. The number of rotatable bonds is 1. The number of hydrogen-bond acceptors (Lipinski definition) is 4. The highest BCUT2D eigenvalue weighted by Crippen LogP contribution is 2.32. The van der Waals surface area contributed by atoms with Gasteiger partial charge in [0.05, 0.1) is 0 Å². The molecule has 0 amide bonds. The van der Waals surface area contributed by atoms with Crippen molar-refractivity contribution in [2.24, 2.45) is 4.99 Å². The average Bonchev–Trinajstić information content (AvgIpc) is 2.56. The Hall–Kier alpha value is -3.37. The SMILES string of the molecule is N#CC(C#N)=C1N=C(c2ccccc2)Nc2ccccc21. The third-order valence-corrected chi connectivity index (χ3v) is 3.17. The molecule has 0 atom stereocenters. The Morgan fingerprint density at radius 2 is 1.57 bits per heavy atom. The quantitative estimate of drug-likeness (QED) is 0.808. The molecule has 0 spiro atoms. The first kappa shape index (κ1) is 12.7. The Labute approximate surface area is 122 Å². The summed E-state index contributed by atoms with van der Waals surface area (Å²) in [5, 5.41) is 21.5. The fourth-order valence-electron chi connectivity index (χ4n) is 2.18. The van der Waals surface area contributed by atoms with E-state index in [1.54, 1.807) is 0 Å². The molecule has 0 saturated heterocycles. The molecule has 1 heterocycles. The summed E-state index contributed by atoms with van der Waals surface area (Å²) in [4.78, 5) is 4.48. The van der Waals surface area contributed by atoms with Gasteiger partial charge in [-0.25, -0.2) is 4.99 Å². The second-order valence-electron chi connectivity index (χ2n) is 4.44. The molecule has 1 aliphatic heterocycles. The Morgan fingerprint density at radius 1 is 0.905 bits per heavy atom. The molecule has 0 saturated carbocycles.